The first-order valence-electron chi connectivity index (χ1n) is 14.7. The lowest BCUT2D eigenvalue weighted by molar-refractivity contribution is -0.137. The summed E-state index contributed by atoms with van der Waals surface area (Å²) in [6.45, 7) is 9.76. The second kappa shape index (κ2) is 11.1. The van der Waals surface area contributed by atoms with Gasteiger partial charge in [0, 0.05) is 42.9 Å². The summed E-state index contributed by atoms with van der Waals surface area (Å²) in [5.41, 5.74) is -0.698. The van der Waals surface area contributed by atoms with E-state index in [0.29, 0.717) is 12.1 Å². The molecule has 3 aromatic rings. The van der Waals surface area contributed by atoms with Gasteiger partial charge in [-0.3, -0.25) is 14.3 Å². The summed E-state index contributed by atoms with van der Waals surface area (Å²) in [7, 11) is 0. The molecule has 0 radical (unpaired) electrons. The smallest absolute Gasteiger partial charge is 0.417 e. The fourth-order valence-corrected chi connectivity index (χ4v) is 8.14. The second-order valence-electron chi connectivity index (χ2n) is 12.8. The van der Waals surface area contributed by atoms with Crippen LogP contribution in [0.1, 0.15) is 56.1 Å². The molecule has 0 bridgehead atoms. The molecule has 2 aromatic carbocycles. The van der Waals surface area contributed by atoms with Gasteiger partial charge in [-0.15, -0.1) is 11.8 Å². The Morgan fingerprint density at radius 2 is 1.73 bits per heavy atom. The molecule has 9 nitrogen and oxygen atoms in total. The molecule has 0 saturated carbocycles. The van der Waals surface area contributed by atoms with Crippen molar-refractivity contribution in [1.82, 2.24) is 19.4 Å². The minimum Gasteiger partial charge on any atom is -0.444 e. The Morgan fingerprint density at radius 3 is 2.36 bits per heavy atom. The van der Waals surface area contributed by atoms with Crippen molar-refractivity contribution in [3.05, 3.63) is 62.5 Å². The van der Waals surface area contributed by atoms with Crippen LogP contribution in [0.2, 0.25) is 5.02 Å². The Labute approximate surface area is 267 Å². The summed E-state index contributed by atoms with van der Waals surface area (Å²) in [4.78, 5) is 49.6. The highest BCUT2D eigenvalue weighted by molar-refractivity contribution is 7.99. The van der Waals surface area contributed by atoms with E-state index < -0.39 is 52.3 Å². The molecular formula is C31H33ClF3N5O4S. The van der Waals surface area contributed by atoms with Crippen LogP contribution >= 0.6 is 23.4 Å². The predicted octanol–water partition coefficient (Wildman–Crippen LogP) is 6.03. The normalized spacial score (nSPS) is 22.1. The fourth-order valence-electron chi connectivity index (χ4n) is 6.49. The van der Waals surface area contributed by atoms with Crippen LogP contribution in [0.4, 0.5) is 23.8 Å². The number of piperazine rings is 1. The van der Waals surface area contributed by atoms with Crippen LogP contribution < -0.4 is 10.6 Å². The van der Waals surface area contributed by atoms with E-state index in [0.717, 1.165) is 23.4 Å². The quantitative estimate of drug-likeness (QED) is 0.331. The van der Waals surface area contributed by atoms with E-state index in [4.69, 9.17) is 16.3 Å². The second-order valence-corrected chi connectivity index (χ2v) is 14.2. The van der Waals surface area contributed by atoms with Gasteiger partial charge in [-0.1, -0.05) is 29.8 Å². The number of amides is 2. The number of thioether (sulfide) groups is 1. The lowest BCUT2D eigenvalue weighted by Crippen LogP contribution is -2.59. The van der Waals surface area contributed by atoms with Crippen molar-refractivity contribution in [2.24, 2.45) is 0 Å². The summed E-state index contributed by atoms with van der Waals surface area (Å²) in [5, 5.41) is -0.353. The van der Waals surface area contributed by atoms with E-state index >= 15 is 0 Å². The molecule has 0 N–H and O–H groups in total. The van der Waals surface area contributed by atoms with E-state index in [2.05, 4.69) is 4.98 Å². The van der Waals surface area contributed by atoms with Crippen molar-refractivity contribution in [2.45, 2.75) is 82.5 Å². The van der Waals surface area contributed by atoms with Gasteiger partial charge in [0.05, 0.1) is 39.1 Å². The number of hydrogen-bond acceptors (Lipinski definition) is 7. The average molecular weight is 664 g/mol. The maximum absolute atomic E-state index is 14.4. The summed E-state index contributed by atoms with van der Waals surface area (Å²) in [6.07, 6.45) is -5.26. The molecule has 3 atom stereocenters. The predicted molar refractivity (Wildman–Crippen MR) is 166 cm³/mol. The Kier molecular flexibility index (Phi) is 7.79. The van der Waals surface area contributed by atoms with Crippen molar-refractivity contribution in [1.29, 1.82) is 0 Å². The highest BCUT2D eigenvalue weighted by atomic mass is 35.5. The third-order valence-electron chi connectivity index (χ3n) is 8.37. The zero-order valence-electron chi connectivity index (χ0n) is 25.4. The minimum absolute atomic E-state index is 0.0449. The molecule has 14 heteroatoms. The largest absolute Gasteiger partial charge is 0.444 e. The number of anilines is 1. The van der Waals surface area contributed by atoms with Crippen LogP contribution in [0.3, 0.4) is 0 Å². The summed E-state index contributed by atoms with van der Waals surface area (Å²) < 4.78 is 50.1. The molecule has 2 amide bonds. The number of carbonyl (C=O) groups is 2. The van der Waals surface area contributed by atoms with Gasteiger partial charge >= 0.3 is 18.0 Å². The molecule has 0 unspecified atom stereocenters. The zero-order valence-corrected chi connectivity index (χ0v) is 27.0. The highest BCUT2D eigenvalue weighted by Gasteiger charge is 2.41. The number of rotatable bonds is 2. The molecule has 4 heterocycles. The van der Waals surface area contributed by atoms with Crippen molar-refractivity contribution in [2.75, 3.05) is 23.7 Å². The number of aromatic nitrogens is 2. The van der Waals surface area contributed by atoms with Gasteiger partial charge in [0.25, 0.3) is 5.91 Å². The van der Waals surface area contributed by atoms with Crippen molar-refractivity contribution < 1.29 is 27.5 Å². The van der Waals surface area contributed by atoms with Crippen LogP contribution in [0.15, 0.2) is 40.0 Å². The van der Waals surface area contributed by atoms with Crippen LogP contribution in [-0.2, 0) is 24.0 Å². The third kappa shape index (κ3) is 5.62. The van der Waals surface area contributed by atoms with E-state index in [1.165, 1.54) is 4.57 Å². The number of carbonyl (C=O) groups excluding carboxylic acids is 2. The molecule has 0 aliphatic carbocycles. The van der Waals surface area contributed by atoms with Gasteiger partial charge in [-0.05, 0) is 52.3 Å². The van der Waals surface area contributed by atoms with Crippen molar-refractivity contribution in [3.8, 4) is 0 Å². The monoisotopic (exact) mass is 663 g/mol. The molecule has 3 aliphatic rings. The van der Waals surface area contributed by atoms with E-state index in [1.807, 2.05) is 26.0 Å². The topological polar surface area (TPSA) is 88.0 Å². The molecule has 1 saturated heterocycles. The lowest BCUT2D eigenvalue weighted by Gasteiger charge is -2.45. The molecule has 6 rings (SSSR count). The van der Waals surface area contributed by atoms with Crippen molar-refractivity contribution in [3.63, 3.8) is 0 Å². The summed E-state index contributed by atoms with van der Waals surface area (Å²) in [5.74, 6) is 0.138. The molecular weight excluding hydrogens is 631 g/mol. The Bertz CT molecular complexity index is 1760. The number of halogens is 4. The zero-order chi connectivity index (χ0) is 32.6. The van der Waals surface area contributed by atoms with E-state index in [-0.39, 0.29) is 52.9 Å². The molecule has 3 aliphatic heterocycles. The summed E-state index contributed by atoms with van der Waals surface area (Å²) in [6, 6.07) is 6.91. The molecule has 0 spiro atoms. The van der Waals surface area contributed by atoms with Gasteiger partial charge < -0.3 is 14.5 Å². The maximum atomic E-state index is 14.4. The van der Waals surface area contributed by atoms with E-state index in [1.54, 1.807) is 47.6 Å². The number of fused-ring (bicyclic) bond motifs is 1. The van der Waals surface area contributed by atoms with Gasteiger partial charge in [0.1, 0.15) is 11.4 Å². The first kappa shape index (κ1) is 31.5. The Morgan fingerprint density at radius 1 is 1.07 bits per heavy atom. The number of hydrogen-bond donors (Lipinski definition) is 0. The van der Waals surface area contributed by atoms with Gasteiger partial charge in [0.2, 0.25) is 0 Å². The van der Waals surface area contributed by atoms with Gasteiger partial charge in [-0.2, -0.15) is 18.2 Å². The third-order valence-corrected chi connectivity index (χ3v) is 10.1. The van der Waals surface area contributed by atoms with Crippen LogP contribution in [-0.4, -0.2) is 73.9 Å². The van der Waals surface area contributed by atoms with E-state index in [9.17, 15) is 27.6 Å². The molecule has 240 valence electrons. The van der Waals surface area contributed by atoms with Crippen LogP contribution in [0.5, 0.6) is 0 Å². The van der Waals surface area contributed by atoms with Crippen LogP contribution in [0, 0.1) is 0 Å². The number of benzene rings is 2. The first-order chi connectivity index (χ1) is 21.0. The maximum Gasteiger partial charge on any atom is 0.417 e. The Hall–Kier alpha value is -3.45. The number of nitrogens with zero attached hydrogens (tertiary/aromatic N) is 5. The minimum atomic E-state index is -4.77. The number of ether oxygens (including phenoxy) is 1. The standard InChI is InChI=1S/C31H33ClF3N5O4S/c1-16-11-37(12-17(2)40(16)29(43)44-30(3,4)5)26-21-10-22(31(33,34)35)23(32)25-24(21)39(28(42)36-26)14-19(15-45-25)38-13-18-8-6-7-9-20(18)27(38)41/h6-10,16-17,19H,11-15H2,1-5H3/t16-,17+,19-/m0/s1. The fraction of sp³-hybridized carbons (Fsp3) is 0.484. The van der Waals surface area contributed by atoms with Crippen molar-refractivity contribution >= 4 is 52.1 Å². The molecule has 1 fully saturated rings. The average Bonchev–Trinajstić information content (AvgIpc) is 3.12. The van der Waals surface area contributed by atoms with Crippen LogP contribution in [0.25, 0.3) is 10.9 Å². The first-order valence-corrected chi connectivity index (χ1v) is 16.0. The summed E-state index contributed by atoms with van der Waals surface area (Å²) >= 11 is 7.58. The number of alkyl halides is 3. The highest BCUT2D eigenvalue weighted by Crippen LogP contribution is 2.47. The lowest BCUT2D eigenvalue weighted by atomic mass is 10.1. The SMILES string of the molecule is C[C@@H]1CN(c2nc(=O)n3c4c(c(Cl)c(C(F)(F)F)cc24)SC[C@@H](N2Cc4ccccc4C2=O)C3)C[C@H](C)N1C(=O)OC(C)(C)C. The Balaban J connectivity index is 1.43. The molecule has 1 aromatic heterocycles. The molecule has 45 heavy (non-hydrogen) atoms. The van der Waals surface area contributed by atoms with Gasteiger partial charge in [0.15, 0.2) is 0 Å². The van der Waals surface area contributed by atoms with Gasteiger partial charge in [-0.25, -0.2) is 9.59 Å².